The summed E-state index contributed by atoms with van der Waals surface area (Å²) < 4.78 is 12.8. The van der Waals surface area contributed by atoms with Crippen LogP contribution in [0.4, 0.5) is 4.39 Å². The number of carbonyl (C=O) groups excluding carboxylic acids is 1. The predicted molar refractivity (Wildman–Crippen MR) is 68.3 cm³/mol. The van der Waals surface area contributed by atoms with Gasteiger partial charge in [0.05, 0.1) is 10.6 Å². The van der Waals surface area contributed by atoms with Crippen LogP contribution in [0.2, 0.25) is 5.02 Å². The van der Waals surface area contributed by atoms with Crippen LogP contribution in [0.25, 0.3) is 0 Å². The molecule has 17 heavy (non-hydrogen) atoms. The standard InChI is InChI=1S/C12H14Cl2FNO/c1-2-8(13)5-6-16-12(17)10-4-3-9(15)7-11(10)14/h3-4,7-8H,2,5-6H2,1H3,(H,16,17). The zero-order valence-corrected chi connectivity index (χ0v) is 11.0. The Morgan fingerprint density at radius 1 is 1.53 bits per heavy atom. The van der Waals surface area contributed by atoms with E-state index in [4.69, 9.17) is 23.2 Å². The molecule has 0 bridgehead atoms. The van der Waals surface area contributed by atoms with Crippen molar-refractivity contribution in [3.8, 4) is 0 Å². The molecule has 1 N–H and O–H groups in total. The summed E-state index contributed by atoms with van der Waals surface area (Å²) in [6.07, 6.45) is 1.55. The van der Waals surface area contributed by atoms with E-state index in [1.165, 1.54) is 12.1 Å². The van der Waals surface area contributed by atoms with Gasteiger partial charge in [0, 0.05) is 11.9 Å². The van der Waals surface area contributed by atoms with Gasteiger partial charge in [0.1, 0.15) is 5.82 Å². The molecule has 0 aliphatic rings. The first-order valence-electron chi connectivity index (χ1n) is 5.42. The Morgan fingerprint density at radius 2 is 2.24 bits per heavy atom. The van der Waals surface area contributed by atoms with Crippen molar-refractivity contribution < 1.29 is 9.18 Å². The van der Waals surface area contributed by atoms with Crippen LogP contribution in [0.1, 0.15) is 30.1 Å². The molecule has 94 valence electrons. The first kappa shape index (κ1) is 14.3. The van der Waals surface area contributed by atoms with Crippen molar-refractivity contribution >= 4 is 29.1 Å². The minimum atomic E-state index is -0.460. The summed E-state index contributed by atoms with van der Waals surface area (Å²) in [5, 5.41) is 2.86. The number of carbonyl (C=O) groups is 1. The monoisotopic (exact) mass is 277 g/mol. The summed E-state index contributed by atoms with van der Waals surface area (Å²) in [6, 6.07) is 3.69. The van der Waals surface area contributed by atoms with Gasteiger partial charge >= 0.3 is 0 Å². The van der Waals surface area contributed by atoms with Crippen LogP contribution in [-0.4, -0.2) is 17.8 Å². The Bertz CT molecular complexity index is 398. The van der Waals surface area contributed by atoms with E-state index in [0.29, 0.717) is 13.0 Å². The lowest BCUT2D eigenvalue weighted by atomic mass is 10.2. The highest BCUT2D eigenvalue weighted by Crippen LogP contribution is 2.17. The SMILES string of the molecule is CCC(Cl)CCNC(=O)c1ccc(F)cc1Cl. The van der Waals surface area contributed by atoms with Crippen molar-refractivity contribution in [3.05, 3.63) is 34.6 Å². The molecule has 0 saturated heterocycles. The maximum Gasteiger partial charge on any atom is 0.252 e. The number of alkyl halides is 1. The molecule has 2 nitrogen and oxygen atoms in total. The number of hydrogen-bond donors (Lipinski definition) is 1. The van der Waals surface area contributed by atoms with Crippen molar-refractivity contribution in [3.63, 3.8) is 0 Å². The molecule has 1 amide bonds. The van der Waals surface area contributed by atoms with E-state index in [2.05, 4.69) is 5.32 Å². The largest absolute Gasteiger partial charge is 0.352 e. The first-order chi connectivity index (χ1) is 8.04. The molecule has 1 aromatic rings. The molecule has 0 heterocycles. The van der Waals surface area contributed by atoms with E-state index < -0.39 is 5.82 Å². The second kappa shape index (κ2) is 6.82. The second-order valence-corrected chi connectivity index (χ2v) is 4.70. The van der Waals surface area contributed by atoms with Crippen LogP contribution in [-0.2, 0) is 0 Å². The van der Waals surface area contributed by atoms with Gasteiger partial charge in [-0.2, -0.15) is 0 Å². The van der Waals surface area contributed by atoms with E-state index in [1.807, 2.05) is 6.92 Å². The third kappa shape index (κ3) is 4.52. The Labute approximate surface area is 110 Å². The van der Waals surface area contributed by atoms with Crippen molar-refractivity contribution in [2.75, 3.05) is 6.54 Å². The number of hydrogen-bond acceptors (Lipinski definition) is 1. The van der Waals surface area contributed by atoms with Crippen LogP contribution in [0.15, 0.2) is 18.2 Å². The molecule has 0 radical (unpaired) electrons. The third-order valence-electron chi connectivity index (χ3n) is 2.36. The van der Waals surface area contributed by atoms with Gasteiger partial charge in [-0.1, -0.05) is 18.5 Å². The number of nitrogens with one attached hydrogen (secondary N) is 1. The fourth-order valence-electron chi connectivity index (χ4n) is 1.32. The molecule has 0 aromatic heterocycles. The van der Waals surface area contributed by atoms with E-state index in [1.54, 1.807) is 0 Å². The van der Waals surface area contributed by atoms with Gasteiger partial charge in [-0.05, 0) is 31.0 Å². The van der Waals surface area contributed by atoms with Gasteiger partial charge in [0.15, 0.2) is 0 Å². The van der Waals surface area contributed by atoms with E-state index in [9.17, 15) is 9.18 Å². The Hall–Kier alpha value is -0.800. The van der Waals surface area contributed by atoms with Gasteiger partial charge in [0.2, 0.25) is 0 Å². The average Bonchev–Trinajstić information content (AvgIpc) is 2.28. The van der Waals surface area contributed by atoms with Crippen molar-refractivity contribution in [2.24, 2.45) is 0 Å². The van der Waals surface area contributed by atoms with Gasteiger partial charge in [-0.15, -0.1) is 11.6 Å². The second-order valence-electron chi connectivity index (χ2n) is 3.67. The highest BCUT2D eigenvalue weighted by Gasteiger charge is 2.11. The minimum absolute atomic E-state index is 0.0546. The van der Waals surface area contributed by atoms with Gasteiger partial charge in [-0.25, -0.2) is 4.39 Å². The van der Waals surface area contributed by atoms with Crippen molar-refractivity contribution in [1.82, 2.24) is 5.32 Å². The van der Waals surface area contributed by atoms with Crippen LogP contribution in [0.5, 0.6) is 0 Å². The normalized spacial score (nSPS) is 12.2. The minimum Gasteiger partial charge on any atom is -0.352 e. The Morgan fingerprint density at radius 3 is 2.82 bits per heavy atom. The van der Waals surface area contributed by atoms with Gasteiger partial charge in [-0.3, -0.25) is 4.79 Å². The molecule has 0 aliphatic heterocycles. The molecule has 0 saturated carbocycles. The third-order valence-corrected chi connectivity index (χ3v) is 3.20. The Balaban J connectivity index is 2.52. The predicted octanol–water partition coefficient (Wildman–Crippen LogP) is 3.62. The number of halogens is 3. The first-order valence-corrected chi connectivity index (χ1v) is 6.23. The zero-order chi connectivity index (χ0) is 12.8. The van der Waals surface area contributed by atoms with E-state index >= 15 is 0 Å². The van der Waals surface area contributed by atoms with Crippen LogP contribution in [0, 0.1) is 5.82 Å². The topological polar surface area (TPSA) is 29.1 Å². The molecule has 0 fully saturated rings. The number of amides is 1. The summed E-state index contributed by atoms with van der Waals surface area (Å²) >= 11 is 11.7. The van der Waals surface area contributed by atoms with Crippen molar-refractivity contribution in [2.45, 2.75) is 25.1 Å². The quantitative estimate of drug-likeness (QED) is 0.819. The smallest absolute Gasteiger partial charge is 0.252 e. The highest BCUT2D eigenvalue weighted by molar-refractivity contribution is 6.33. The van der Waals surface area contributed by atoms with Gasteiger partial charge in [0.25, 0.3) is 5.91 Å². The summed E-state index contributed by atoms with van der Waals surface area (Å²) in [4.78, 5) is 11.7. The van der Waals surface area contributed by atoms with Crippen LogP contribution < -0.4 is 5.32 Å². The maximum absolute atomic E-state index is 12.8. The molecule has 0 aliphatic carbocycles. The molecule has 5 heteroatoms. The summed E-state index contributed by atoms with van der Waals surface area (Å²) in [5.41, 5.74) is 0.274. The molecule has 1 rings (SSSR count). The average molecular weight is 278 g/mol. The van der Waals surface area contributed by atoms with Crippen LogP contribution in [0.3, 0.4) is 0 Å². The number of benzene rings is 1. The van der Waals surface area contributed by atoms with Gasteiger partial charge < -0.3 is 5.32 Å². The lowest BCUT2D eigenvalue weighted by Gasteiger charge is -2.09. The van der Waals surface area contributed by atoms with Crippen molar-refractivity contribution in [1.29, 1.82) is 0 Å². The van der Waals surface area contributed by atoms with E-state index in [-0.39, 0.29) is 21.9 Å². The fourth-order valence-corrected chi connectivity index (χ4v) is 1.68. The lowest BCUT2D eigenvalue weighted by Crippen LogP contribution is -2.26. The van der Waals surface area contributed by atoms with Crippen LogP contribution >= 0.6 is 23.2 Å². The van der Waals surface area contributed by atoms with E-state index in [0.717, 1.165) is 12.5 Å². The highest BCUT2D eigenvalue weighted by atomic mass is 35.5. The zero-order valence-electron chi connectivity index (χ0n) is 9.47. The molecule has 0 spiro atoms. The lowest BCUT2D eigenvalue weighted by molar-refractivity contribution is 0.0953. The molecular formula is C12H14Cl2FNO. The molecule has 1 aromatic carbocycles. The summed E-state index contributed by atoms with van der Waals surface area (Å²) in [5.74, 6) is -0.770. The summed E-state index contributed by atoms with van der Waals surface area (Å²) in [7, 11) is 0. The summed E-state index contributed by atoms with van der Waals surface area (Å²) in [6.45, 7) is 2.46. The fraction of sp³-hybridized carbons (Fsp3) is 0.417. The molecule has 1 unspecified atom stereocenters. The Kier molecular flexibility index (Phi) is 5.72. The maximum atomic E-state index is 12.8. The molecular weight excluding hydrogens is 264 g/mol. The molecule has 1 atom stereocenters. The number of rotatable bonds is 5.